The van der Waals surface area contributed by atoms with Crippen molar-refractivity contribution in [3.05, 3.63) is 34.9 Å². The number of aliphatic hydroxyl groups excluding tert-OH is 1. The van der Waals surface area contributed by atoms with Crippen LogP contribution in [-0.2, 0) is 16.1 Å². The standard InChI is InChI=1S/C15H22ClNO3/c1-15(2,11-20-3)14(19)17(8-9-18)10-12-6-4-5-7-13(12)16/h4-7,18H,8-11H2,1-3H3. The number of aliphatic hydroxyl groups is 1. The molecule has 1 aromatic carbocycles. The van der Waals surface area contributed by atoms with Crippen molar-refractivity contribution in [1.82, 2.24) is 4.90 Å². The summed E-state index contributed by atoms with van der Waals surface area (Å²) in [6.07, 6.45) is 0. The van der Waals surface area contributed by atoms with Gasteiger partial charge >= 0.3 is 0 Å². The first-order chi connectivity index (χ1) is 9.42. The third-order valence-electron chi connectivity index (χ3n) is 3.06. The minimum Gasteiger partial charge on any atom is -0.395 e. The maximum absolute atomic E-state index is 12.6. The summed E-state index contributed by atoms with van der Waals surface area (Å²) in [6.45, 7) is 4.56. The highest BCUT2D eigenvalue weighted by atomic mass is 35.5. The van der Waals surface area contributed by atoms with Gasteiger partial charge in [0.15, 0.2) is 0 Å². The molecule has 0 atom stereocenters. The zero-order valence-corrected chi connectivity index (χ0v) is 13.0. The van der Waals surface area contributed by atoms with Crippen molar-refractivity contribution >= 4 is 17.5 Å². The van der Waals surface area contributed by atoms with Gasteiger partial charge in [-0.15, -0.1) is 0 Å². The summed E-state index contributed by atoms with van der Waals surface area (Å²) in [5.74, 6) is -0.0617. The summed E-state index contributed by atoms with van der Waals surface area (Å²) in [5.41, 5.74) is 0.231. The third-order valence-corrected chi connectivity index (χ3v) is 3.43. The Morgan fingerprint density at radius 3 is 2.60 bits per heavy atom. The number of benzene rings is 1. The third kappa shape index (κ3) is 4.47. The molecule has 1 rings (SSSR count). The largest absolute Gasteiger partial charge is 0.395 e. The minimum atomic E-state index is -0.634. The molecule has 1 amide bonds. The second-order valence-electron chi connectivity index (χ2n) is 5.36. The topological polar surface area (TPSA) is 49.8 Å². The van der Waals surface area contributed by atoms with Crippen molar-refractivity contribution in [3.63, 3.8) is 0 Å². The molecular weight excluding hydrogens is 278 g/mol. The molecule has 0 aliphatic heterocycles. The van der Waals surface area contributed by atoms with E-state index in [4.69, 9.17) is 16.3 Å². The molecule has 0 heterocycles. The van der Waals surface area contributed by atoms with Crippen molar-refractivity contribution in [1.29, 1.82) is 0 Å². The Bertz CT molecular complexity index is 448. The summed E-state index contributed by atoms with van der Waals surface area (Å²) in [5, 5.41) is 9.79. The second kappa shape index (κ2) is 7.62. The fourth-order valence-electron chi connectivity index (χ4n) is 2.06. The van der Waals surface area contributed by atoms with Crippen LogP contribution in [0.5, 0.6) is 0 Å². The van der Waals surface area contributed by atoms with Crippen LogP contribution < -0.4 is 0 Å². The highest BCUT2D eigenvalue weighted by Gasteiger charge is 2.32. The lowest BCUT2D eigenvalue weighted by atomic mass is 9.92. The monoisotopic (exact) mass is 299 g/mol. The fourth-order valence-corrected chi connectivity index (χ4v) is 2.25. The van der Waals surface area contributed by atoms with Crippen LogP contribution in [0.1, 0.15) is 19.4 Å². The Balaban J connectivity index is 2.89. The molecule has 20 heavy (non-hydrogen) atoms. The second-order valence-corrected chi connectivity index (χ2v) is 5.77. The number of hydrogen-bond donors (Lipinski definition) is 1. The SMILES string of the molecule is COCC(C)(C)C(=O)N(CCO)Cc1ccccc1Cl. The number of carbonyl (C=O) groups excluding carboxylic acids is 1. The van der Waals surface area contributed by atoms with Crippen LogP contribution in [-0.4, -0.2) is 42.8 Å². The van der Waals surface area contributed by atoms with E-state index in [1.165, 1.54) is 0 Å². The Hall–Kier alpha value is -1.10. The first kappa shape index (κ1) is 17.0. The summed E-state index contributed by atoms with van der Waals surface area (Å²) < 4.78 is 5.09. The van der Waals surface area contributed by atoms with Crippen LogP contribution in [0.3, 0.4) is 0 Å². The van der Waals surface area contributed by atoms with Gasteiger partial charge in [-0.1, -0.05) is 29.8 Å². The highest BCUT2D eigenvalue weighted by Crippen LogP contribution is 2.23. The lowest BCUT2D eigenvalue weighted by Crippen LogP contribution is -2.44. The molecule has 0 saturated heterocycles. The molecule has 112 valence electrons. The van der Waals surface area contributed by atoms with Crippen molar-refractivity contribution in [2.75, 3.05) is 26.9 Å². The molecule has 0 unspecified atom stereocenters. The Morgan fingerprint density at radius 2 is 2.05 bits per heavy atom. The van der Waals surface area contributed by atoms with Gasteiger partial charge in [-0.25, -0.2) is 0 Å². The van der Waals surface area contributed by atoms with Gasteiger partial charge in [0.2, 0.25) is 5.91 Å². The summed E-state index contributed by atoms with van der Waals surface area (Å²) in [4.78, 5) is 14.2. The number of ether oxygens (including phenoxy) is 1. The lowest BCUT2D eigenvalue weighted by Gasteiger charge is -2.31. The van der Waals surface area contributed by atoms with E-state index in [0.29, 0.717) is 18.2 Å². The van der Waals surface area contributed by atoms with Crippen LogP contribution in [0.15, 0.2) is 24.3 Å². The van der Waals surface area contributed by atoms with Gasteiger partial charge in [-0.05, 0) is 25.5 Å². The van der Waals surface area contributed by atoms with Gasteiger partial charge in [0.05, 0.1) is 18.6 Å². The van der Waals surface area contributed by atoms with Crippen molar-refractivity contribution < 1.29 is 14.6 Å². The lowest BCUT2D eigenvalue weighted by molar-refractivity contribution is -0.144. The van der Waals surface area contributed by atoms with Gasteiger partial charge < -0.3 is 14.7 Å². The first-order valence-electron chi connectivity index (χ1n) is 6.55. The van der Waals surface area contributed by atoms with E-state index >= 15 is 0 Å². The highest BCUT2D eigenvalue weighted by molar-refractivity contribution is 6.31. The van der Waals surface area contributed by atoms with E-state index in [1.54, 1.807) is 18.1 Å². The Kier molecular flexibility index (Phi) is 6.46. The molecule has 0 bridgehead atoms. The number of methoxy groups -OCH3 is 1. The fraction of sp³-hybridized carbons (Fsp3) is 0.533. The van der Waals surface area contributed by atoms with E-state index in [0.717, 1.165) is 5.56 Å². The first-order valence-corrected chi connectivity index (χ1v) is 6.92. The van der Waals surface area contributed by atoms with Crippen molar-refractivity contribution in [2.45, 2.75) is 20.4 Å². The van der Waals surface area contributed by atoms with E-state index in [2.05, 4.69) is 0 Å². The molecular formula is C15H22ClNO3. The maximum Gasteiger partial charge on any atom is 0.230 e. The van der Waals surface area contributed by atoms with Crippen LogP contribution in [0, 0.1) is 5.41 Å². The number of nitrogens with zero attached hydrogens (tertiary/aromatic N) is 1. The average molecular weight is 300 g/mol. The zero-order chi connectivity index (χ0) is 15.2. The molecule has 0 saturated carbocycles. The van der Waals surface area contributed by atoms with Crippen LogP contribution in [0.25, 0.3) is 0 Å². The number of halogens is 1. The number of rotatable bonds is 7. The van der Waals surface area contributed by atoms with Gasteiger partial charge in [-0.3, -0.25) is 4.79 Å². The molecule has 5 heteroatoms. The summed E-state index contributed by atoms with van der Waals surface area (Å²) in [7, 11) is 1.57. The Morgan fingerprint density at radius 1 is 1.40 bits per heavy atom. The van der Waals surface area contributed by atoms with Crippen LogP contribution in [0.2, 0.25) is 5.02 Å². The molecule has 0 aliphatic carbocycles. The number of hydrogen-bond acceptors (Lipinski definition) is 3. The van der Waals surface area contributed by atoms with Crippen molar-refractivity contribution in [3.8, 4) is 0 Å². The van der Waals surface area contributed by atoms with Gasteiger partial charge in [0.25, 0.3) is 0 Å². The molecule has 1 N–H and O–H groups in total. The smallest absolute Gasteiger partial charge is 0.230 e. The Labute approximate surface area is 125 Å². The van der Waals surface area contributed by atoms with Crippen molar-refractivity contribution in [2.24, 2.45) is 5.41 Å². The molecule has 0 aliphatic rings. The molecule has 1 aromatic rings. The molecule has 0 fully saturated rings. The minimum absolute atomic E-state index is 0.0617. The quantitative estimate of drug-likeness (QED) is 0.841. The van der Waals surface area contributed by atoms with E-state index in [1.807, 2.05) is 32.0 Å². The van der Waals surface area contributed by atoms with Crippen LogP contribution in [0.4, 0.5) is 0 Å². The van der Waals surface area contributed by atoms with E-state index in [9.17, 15) is 9.90 Å². The number of carbonyl (C=O) groups is 1. The molecule has 4 nitrogen and oxygen atoms in total. The van der Waals surface area contributed by atoms with E-state index in [-0.39, 0.29) is 19.1 Å². The molecule has 0 radical (unpaired) electrons. The molecule has 0 aromatic heterocycles. The predicted molar refractivity (Wildman–Crippen MR) is 79.6 cm³/mol. The molecule has 0 spiro atoms. The number of amides is 1. The normalized spacial score (nSPS) is 11.4. The average Bonchev–Trinajstić information content (AvgIpc) is 2.39. The maximum atomic E-state index is 12.6. The van der Waals surface area contributed by atoms with Gasteiger partial charge in [0, 0.05) is 25.2 Å². The van der Waals surface area contributed by atoms with Gasteiger partial charge in [-0.2, -0.15) is 0 Å². The summed E-state index contributed by atoms with van der Waals surface area (Å²) in [6, 6.07) is 7.39. The van der Waals surface area contributed by atoms with Crippen LogP contribution >= 0.6 is 11.6 Å². The van der Waals surface area contributed by atoms with E-state index < -0.39 is 5.41 Å². The summed E-state index contributed by atoms with van der Waals surface area (Å²) >= 11 is 6.12. The predicted octanol–water partition coefficient (Wildman–Crippen LogP) is 2.33. The zero-order valence-electron chi connectivity index (χ0n) is 12.2. The van der Waals surface area contributed by atoms with Gasteiger partial charge in [0.1, 0.15) is 0 Å².